The molecule has 1 aromatic carbocycles. The molecule has 0 aliphatic carbocycles. The Balaban J connectivity index is 1.82. The van der Waals surface area contributed by atoms with Crippen molar-refractivity contribution in [2.24, 2.45) is 0 Å². The molecule has 1 fully saturated rings. The highest BCUT2D eigenvalue weighted by atomic mass is 79.9. The molecule has 1 saturated heterocycles. The van der Waals surface area contributed by atoms with Gasteiger partial charge in [-0.2, -0.15) is 0 Å². The second-order valence-corrected chi connectivity index (χ2v) is 8.58. The average Bonchev–Trinajstić information content (AvgIpc) is 2.77. The maximum absolute atomic E-state index is 12.0. The molecule has 0 aromatic heterocycles. The van der Waals surface area contributed by atoms with E-state index in [0.717, 1.165) is 4.47 Å². The molecular weight excluding hydrogens is 386 g/mol. The zero-order valence-corrected chi connectivity index (χ0v) is 14.9. The van der Waals surface area contributed by atoms with Crippen molar-refractivity contribution in [2.45, 2.75) is 25.4 Å². The normalized spacial score (nSPS) is 20.5. The molecule has 2 unspecified atom stereocenters. The third kappa shape index (κ3) is 5.51. The van der Waals surface area contributed by atoms with Crippen LogP contribution in [0.2, 0.25) is 0 Å². The molecule has 0 radical (unpaired) electrons. The highest BCUT2D eigenvalue weighted by Crippen LogP contribution is 2.15. The SMILES string of the molecule is CC(NC(=O)NC1CCS(=O)(=O)C1)C(=O)Nc1cccc(Br)c1. The molecule has 0 bridgehead atoms. The van der Waals surface area contributed by atoms with Crippen molar-refractivity contribution in [1.82, 2.24) is 10.6 Å². The van der Waals surface area contributed by atoms with Gasteiger partial charge in [-0.1, -0.05) is 22.0 Å². The second-order valence-electron chi connectivity index (χ2n) is 5.44. The molecule has 126 valence electrons. The number of benzene rings is 1. The van der Waals surface area contributed by atoms with Crippen LogP contribution in [0.1, 0.15) is 13.3 Å². The molecule has 2 rings (SSSR count). The van der Waals surface area contributed by atoms with Crippen molar-refractivity contribution in [1.29, 1.82) is 0 Å². The van der Waals surface area contributed by atoms with Gasteiger partial charge in [0.2, 0.25) is 5.91 Å². The Bertz CT molecular complexity index is 708. The third-order valence-electron chi connectivity index (χ3n) is 3.40. The van der Waals surface area contributed by atoms with Gasteiger partial charge in [0.05, 0.1) is 11.5 Å². The molecule has 1 aromatic rings. The Labute approximate surface area is 143 Å². The van der Waals surface area contributed by atoms with Crippen molar-refractivity contribution in [3.63, 3.8) is 0 Å². The molecule has 3 amide bonds. The second kappa shape index (κ2) is 7.31. The van der Waals surface area contributed by atoms with Crippen LogP contribution in [0.5, 0.6) is 0 Å². The number of rotatable bonds is 4. The highest BCUT2D eigenvalue weighted by molar-refractivity contribution is 9.10. The lowest BCUT2D eigenvalue weighted by Crippen LogP contribution is -2.49. The van der Waals surface area contributed by atoms with Crippen LogP contribution in [-0.2, 0) is 14.6 Å². The van der Waals surface area contributed by atoms with Crippen LogP contribution < -0.4 is 16.0 Å². The first-order valence-corrected chi connectivity index (χ1v) is 9.70. The summed E-state index contributed by atoms with van der Waals surface area (Å²) < 4.78 is 23.5. The fraction of sp³-hybridized carbons (Fsp3) is 0.429. The van der Waals surface area contributed by atoms with E-state index >= 15 is 0 Å². The summed E-state index contributed by atoms with van der Waals surface area (Å²) in [7, 11) is -3.06. The van der Waals surface area contributed by atoms with Gasteiger partial charge in [0.1, 0.15) is 6.04 Å². The number of sulfone groups is 1. The average molecular weight is 404 g/mol. The summed E-state index contributed by atoms with van der Waals surface area (Å²) in [6, 6.07) is 5.38. The van der Waals surface area contributed by atoms with Crippen LogP contribution in [0.15, 0.2) is 28.7 Å². The number of carbonyl (C=O) groups is 2. The molecule has 9 heteroatoms. The molecule has 1 aliphatic rings. The van der Waals surface area contributed by atoms with Gasteiger partial charge in [0.15, 0.2) is 9.84 Å². The zero-order chi connectivity index (χ0) is 17.0. The van der Waals surface area contributed by atoms with Gasteiger partial charge in [-0.05, 0) is 31.5 Å². The smallest absolute Gasteiger partial charge is 0.315 e. The van der Waals surface area contributed by atoms with E-state index in [1.165, 1.54) is 0 Å². The van der Waals surface area contributed by atoms with E-state index in [4.69, 9.17) is 0 Å². The summed E-state index contributed by atoms with van der Waals surface area (Å²) in [5.74, 6) is -0.340. The minimum Gasteiger partial charge on any atom is -0.334 e. The van der Waals surface area contributed by atoms with E-state index in [0.29, 0.717) is 12.1 Å². The van der Waals surface area contributed by atoms with Gasteiger partial charge in [-0.25, -0.2) is 13.2 Å². The minimum atomic E-state index is -3.06. The number of nitrogens with one attached hydrogen (secondary N) is 3. The van der Waals surface area contributed by atoms with Crippen LogP contribution in [0.25, 0.3) is 0 Å². The van der Waals surface area contributed by atoms with Gasteiger partial charge >= 0.3 is 6.03 Å². The zero-order valence-electron chi connectivity index (χ0n) is 12.5. The number of halogens is 1. The van der Waals surface area contributed by atoms with Crippen molar-refractivity contribution in [3.05, 3.63) is 28.7 Å². The van der Waals surface area contributed by atoms with Crippen molar-refractivity contribution < 1.29 is 18.0 Å². The molecule has 1 heterocycles. The molecule has 23 heavy (non-hydrogen) atoms. The van der Waals surface area contributed by atoms with E-state index in [2.05, 4.69) is 31.9 Å². The number of hydrogen-bond donors (Lipinski definition) is 3. The third-order valence-corrected chi connectivity index (χ3v) is 5.66. The van der Waals surface area contributed by atoms with Gasteiger partial charge in [0, 0.05) is 16.2 Å². The van der Waals surface area contributed by atoms with Gasteiger partial charge in [-0.15, -0.1) is 0 Å². The first-order valence-electron chi connectivity index (χ1n) is 7.09. The first-order chi connectivity index (χ1) is 10.7. The van der Waals surface area contributed by atoms with E-state index in [1.807, 2.05) is 6.07 Å². The predicted molar refractivity (Wildman–Crippen MR) is 91.0 cm³/mol. The number of hydrogen-bond acceptors (Lipinski definition) is 4. The van der Waals surface area contributed by atoms with Crippen LogP contribution in [0.4, 0.5) is 10.5 Å². The van der Waals surface area contributed by atoms with Crippen molar-refractivity contribution in [3.8, 4) is 0 Å². The van der Waals surface area contributed by atoms with E-state index < -0.39 is 28.0 Å². The van der Waals surface area contributed by atoms with E-state index in [9.17, 15) is 18.0 Å². The van der Waals surface area contributed by atoms with E-state index in [-0.39, 0.29) is 17.4 Å². The monoisotopic (exact) mass is 403 g/mol. The quantitative estimate of drug-likeness (QED) is 0.703. The number of anilines is 1. The summed E-state index contributed by atoms with van der Waals surface area (Å²) in [6.07, 6.45) is 0.397. The first kappa shape index (κ1) is 17.7. The Hall–Kier alpha value is -1.61. The van der Waals surface area contributed by atoms with Crippen molar-refractivity contribution in [2.75, 3.05) is 16.8 Å². The lowest BCUT2D eigenvalue weighted by atomic mass is 10.2. The van der Waals surface area contributed by atoms with Gasteiger partial charge < -0.3 is 16.0 Å². The van der Waals surface area contributed by atoms with Crippen LogP contribution in [-0.4, -0.2) is 43.9 Å². The highest BCUT2D eigenvalue weighted by Gasteiger charge is 2.29. The Kier molecular flexibility index (Phi) is 5.64. The number of urea groups is 1. The molecule has 0 spiro atoms. The Morgan fingerprint density at radius 2 is 2.09 bits per heavy atom. The van der Waals surface area contributed by atoms with Gasteiger partial charge in [-0.3, -0.25) is 4.79 Å². The summed E-state index contributed by atoms with van der Waals surface area (Å²) in [6.45, 7) is 1.55. The van der Waals surface area contributed by atoms with Crippen LogP contribution >= 0.6 is 15.9 Å². The van der Waals surface area contributed by atoms with Crippen LogP contribution in [0.3, 0.4) is 0 Å². The van der Waals surface area contributed by atoms with Crippen LogP contribution in [0, 0.1) is 0 Å². The molecule has 2 atom stereocenters. The lowest BCUT2D eigenvalue weighted by molar-refractivity contribution is -0.117. The molecule has 1 aliphatic heterocycles. The summed E-state index contributed by atoms with van der Waals surface area (Å²) in [5.41, 5.74) is 0.611. The predicted octanol–water partition coefficient (Wildman–Crippen LogP) is 1.26. The molecule has 7 nitrogen and oxygen atoms in total. The van der Waals surface area contributed by atoms with E-state index in [1.54, 1.807) is 25.1 Å². The molecule has 0 saturated carbocycles. The maximum Gasteiger partial charge on any atom is 0.315 e. The maximum atomic E-state index is 12.0. The van der Waals surface area contributed by atoms with Crippen molar-refractivity contribution >= 4 is 43.4 Å². The summed E-state index contributed by atoms with van der Waals surface area (Å²) in [5, 5.41) is 7.76. The largest absolute Gasteiger partial charge is 0.334 e. The Morgan fingerprint density at radius 3 is 2.70 bits per heavy atom. The summed E-state index contributed by atoms with van der Waals surface area (Å²) >= 11 is 3.31. The topological polar surface area (TPSA) is 104 Å². The molecular formula is C14H18BrN3O4S. The number of amides is 3. The Morgan fingerprint density at radius 1 is 1.35 bits per heavy atom. The van der Waals surface area contributed by atoms with Gasteiger partial charge in [0.25, 0.3) is 0 Å². The minimum absolute atomic E-state index is 0.0565. The lowest BCUT2D eigenvalue weighted by Gasteiger charge is -2.17. The summed E-state index contributed by atoms with van der Waals surface area (Å²) in [4.78, 5) is 23.9. The fourth-order valence-electron chi connectivity index (χ4n) is 2.21. The molecule has 3 N–H and O–H groups in total. The standard InChI is InChI=1S/C14H18BrN3O4S/c1-9(13(19)17-11-4-2-3-10(15)7-11)16-14(20)18-12-5-6-23(21,22)8-12/h2-4,7,9,12H,5-6,8H2,1H3,(H,17,19)(H2,16,18,20). The number of carbonyl (C=O) groups excluding carboxylic acids is 2. The fourth-order valence-corrected chi connectivity index (χ4v) is 4.29.